The van der Waals surface area contributed by atoms with Crippen LogP contribution in [0.5, 0.6) is 11.5 Å². The van der Waals surface area contributed by atoms with E-state index >= 15 is 0 Å². The molecule has 3 atom stereocenters. The fraction of sp³-hybridized carbons (Fsp3) is 0.452. The number of esters is 1. The standard InChI is InChI=1S/C31H30F3N3O6S/c1-39-24-11-17(29(38)40-2)12-25-27(24)35-30(44-25)37-18-9-10-19(37)14-20(13-18)41-15-22-26(36-43-28(22)16-7-8-16)21-5-3-4-6-23(21)42-31(32,33)34/h3-6,11-12,16,18-20H,7-10,13-15H2,1-2H3/t18-,19+,20?. The lowest BCUT2D eigenvalue weighted by atomic mass is 10.00. The third kappa shape index (κ3) is 5.47. The van der Waals surface area contributed by atoms with Crippen LogP contribution >= 0.6 is 11.3 Å². The molecule has 7 rings (SSSR count). The number of para-hydroxylation sites is 1. The molecular weight excluding hydrogens is 599 g/mol. The molecule has 4 aromatic rings. The van der Waals surface area contributed by atoms with E-state index in [0.717, 1.165) is 48.4 Å². The van der Waals surface area contributed by atoms with Crippen molar-refractivity contribution in [3.63, 3.8) is 0 Å². The van der Waals surface area contributed by atoms with Gasteiger partial charge in [0.15, 0.2) is 5.13 Å². The van der Waals surface area contributed by atoms with Crippen molar-refractivity contribution in [3.8, 4) is 22.8 Å². The number of benzene rings is 2. The average molecular weight is 630 g/mol. The molecule has 44 heavy (non-hydrogen) atoms. The van der Waals surface area contributed by atoms with Gasteiger partial charge in [-0.25, -0.2) is 9.78 Å². The number of halogens is 3. The van der Waals surface area contributed by atoms with Gasteiger partial charge in [-0.15, -0.1) is 13.2 Å². The van der Waals surface area contributed by atoms with Crippen molar-refractivity contribution >= 4 is 32.7 Å². The number of anilines is 1. The van der Waals surface area contributed by atoms with Crippen LogP contribution in [0, 0.1) is 0 Å². The van der Waals surface area contributed by atoms with E-state index in [1.807, 2.05) is 0 Å². The molecule has 232 valence electrons. The lowest BCUT2D eigenvalue weighted by Crippen LogP contribution is -2.45. The number of methoxy groups -OCH3 is 2. The second-order valence-electron chi connectivity index (χ2n) is 11.4. The second kappa shape index (κ2) is 11.3. The molecule has 2 aliphatic heterocycles. The molecule has 0 N–H and O–H groups in total. The lowest BCUT2D eigenvalue weighted by Gasteiger charge is -2.38. The maximum absolute atomic E-state index is 13.1. The maximum atomic E-state index is 13.1. The molecule has 0 spiro atoms. The predicted molar refractivity (Wildman–Crippen MR) is 155 cm³/mol. The van der Waals surface area contributed by atoms with E-state index in [1.54, 1.807) is 31.4 Å². The molecule has 0 amide bonds. The number of rotatable bonds is 9. The maximum Gasteiger partial charge on any atom is 0.573 e. The normalized spacial score (nSPS) is 21.6. The second-order valence-corrected chi connectivity index (χ2v) is 12.4. The highest BCUT2D eigenvalue weighted by Gasteiger charge is 2.43. The summed E-state index contributed by atoms with van der Waals surface area (Å²) in [6.45, 7) is 0.184. The number of hydrogen-bond donors (Lipinski definition) is 0. The Bertz CT molecular complexity index is 1690. The van der Waals surface area contributed by atoms with Gasteiger partial charge in [0.25, 0.3) is 0 Å². The van der Waals surface area contributed by atoms with Gasteiger partial charge in [-0.3, -0.25) is 0 Å². The number of carbonyl (C=O) groups is 1. The van der Waals surface area contributed by atoms with E-state index < -0.39 is 12.3 Å². The molecule has 1 aliphatic carbocycles. The summed E-state index contributed by atoms with van der Waals surface area (Å²) in [5.41, 5.74) is 2.34. The van der Waals surface area contributed by atoms with Crippen LogP contribution in [0.1, 0.15) is 66.1 Å². The van der Waals surface area contributed by atoms with Gasteiger partial charge in [0.05, 0.1) is 37.2 Å². The van der Waals surface area contributed by atoms with Crippen LogP contribution in [-0.2, 0) is 16.1 Å². The summed E-state index contributed by atoms with van der Waals surface area (Å²) in [6.07, 6.45) is 0.570. The molecule has 2 saturated heterocycles. The molecule has 3 aliphatic rings. The van der Waals surface area contributed by atoms with Crippen LogP contribution in [-0.4, -0.2) is 54.9 Å². The molecule has 2 aromatic carbocycles. The van der Waals surface area contributed by atoms with E-state index in [4.69, 9.17) is 23.7 Å². The van der Waals surface area contributed by atoms with E-state index in [1.165, 1.54) is 30.6 Å². The third-order valence-electron chi connectivity index (χ3n) is 8.60. The van der Waals surface area contributed by atoms with Crippen LogP contribution in [0.15, 0.2) is 40.9 Å². The Morgan fingerprint density at radius 3 is 2.50 bits per heavy atom. The Balaban J connectivity index is 1.10. The van der Waals surface area contributed by atoms with Gasteiger partial charge < -0.3 is 28.4 Å². The molecule has 1 saturated carbocycles. The van der Waals surface area contributed by atoms with E-state index in [-0.39, 0.29) is 42.0 Å². The molecule has 9 nitrogen and oxygen atoms in total. The molecule has 2 bridgehead atoms. The third-order valence-corrected chi connectivity index (χ3v) is 9.61. The first kappa shape index (κ1) is 28.9. The van der Waals surface area contributed by atoms with Gasteiger partial charge >= 0.3 is 12.3 Å². The van der Waals surface area contributed by atoms with Crippen molar-refractivity contribution in [1.82, 2.24) is 10.1 Å². The van der Waals surface area contributed by atoms with Gasteiger partial charge in [0.2, 0.25) is 0 Å². The van der Waals surface area contributed by atoms with E-state index in [9.17, 15) is 18.0 Å². The monoisotopic (exact) mass is 629 g/mol. The van der Waals surface area contributed by atoms with Crippen LogP contribution in [0.2, 0.25) is 0 Å². The van der Waals surface area contributed by atoms with Gasteiger partial charge in [0.1, 0.15) is 28.5 Å². The first-order valence-corrected chi connectivity index (χ1v) is 15.3. The SMILES string of the molecule is COC(=O)c1cc(OC)c2nc(N3[C@@H]4CC[C@H]3CC(OCc3c(-c5ccccc5OC(F)(F)F)noc3C3CC3)C4)sc2c1. The topological polar surface area (TPSA) is 96.2 Å². The molecule has 2 aromatic heterocycles. The lowest BCUT2D eigenvalue weighted by molar-refractivity contribution is -0.274. The summed E-state index contributed by atoms with van der Waals surface area (Å²) in [5.74, 6) is 0.634. The summed E-state index contributed by atoms with van der Waals surface area (Å²) in [5, 5.41) is 5.08. The number of nitrogens with zero attached hydrogens (tertiary/aromatic N) is 3. The minimum absolute atomic E-state index is 0.0462. The Kier molecular flexibility index (Phi) is 7.40. The first-order chi connectivity index (χ1) is 21.2. The predicted octanol–water partition coefficient (Wildman–Crippen LogP) is 7.24. The number of fused-ring (bicyclic) bond motifs is 3. The van der Waals surface area contributed by atoms with Crippen molar-refractivity contribution in [2.24, 2.45) is 0 Å². The average Bonchev–Trinajstić information content (AvgIpc) is 3.52. The number of alkyl halides is 3. The summed E-state index contributed by atoms with van der Waals surface area (Å²) >= 11 is 1.53. The van der Waals surface area contributed by atoms with Crippen molar-refractivity contribution in [1.29, 1.82) is 0 Å². The van der Waals surface area contributed by atoms with E-state index in [0.29, 0.717) is 33.8 Å². The molecule has 4 heterocycles. The van der Waals surface area contributed by atoms with Crippen molar-refractivity contribution in [2.45, 2.75) is 75.6 Å². The number of aromatic nitrogens is 2. The van der Waals surface area contributed by atoms with E-state index in [2.05, 4.69) is 14.8 Å². The minimum Gasteiger partial charge on any atom is -0.494 e. The van der Waals surface area contributed by atoms with Gasteiger partial charge in [-0.1, -0.05) is 28.6 Å². The number of hydrogen-bond acceptors (Lipinski definition) is 10. The minimum atomic E-state index is -4.83. The number of thiazole rings is 1. The molecule has 0 radical (unpaired) electrons. The zero-order chi connectivity index (χ0) is 30.6. The quantitative estimate of drug-likeness (QED) is 0.178. The summed E-state index contributed by atoms with van der Waals surface area (Å²) in [7, 11) is 2.90. The van der Waals surface area contributed by atoms with Gasteiger partial charge in [-0.2, -0.15) is 0 Å². The fourth-order valence-corrected chi connectivity index (χ4v) is 7.65. The Morgan fingerprint density at radius 2 is 1.82 bits per heavy atom. The largest absolute Gasteiger partial charge is 0.573 e. The Hall–Kier alpha value is -3.84. The highest BCUT2D eigenvalue weighted by molar-refractivity contribution is 7.22. The van der Waals surface area contributed by atoms with Crippen molar-refractivity contribution in [3.05, 3.63) is 53.3 Å². The summed E-state index contributed by atoms with van der Waals surface area (Å²) in [4.78, 5) is 19.5. The highest BCUT2D eigenvalue weighted by Crippen LogP contribution is 2.47. The molecular formula is C31H30F3N3O6S. The Labute approximate surface area is 254 Å². The molecule has 13 heteroatoms. The molecule has 3 fully saturated rings. The zero-order valence-electron chi connectivity index (χ0n) is 24.1. The number of ether oxygens (including phenoxy) is 4. The van der Waals surface area contributed by atoms with Crippen LogP contribution in [0.25, 0.3) is 21.5 Å². The highest BCUT2D eigenvalue weighted by atomic mass is 32.1. The summed E-state index contributed by atoms with van der Waals surface area (Å²) in [6, 6.07) is 9.84. The number of carbonyl (C=O) groups excluding carboxylic acids is 1. The smallest absolute Gasteiger partial charge is 0.494 e. The van der Waals surface area contributed by atoms with Crippen LogP contribution in [0.3, 0.4) is 0 Å². The van der Waals surface area contributed by atoms with Crippen molar-refractivity contribution < 1.29 is 41.4 Å². The van der Waals surface area contributed by atoms with Crippen molar-refractivity contribution in [2.75, 3.05) is 19.1 Å². The van der Waals surface area contributed by atoms with Crippen LogP contribution in [0.4, 0.5) is 18.3 Å². The number of piperidine rings is 1. The zero-order valence-corrected chi connectivity index (χ0v) is 24.9. The first-order valence-electron chi connectivity index (χ1n) is 14.5. The Morgan fingerprint density at radius 1 is 1.07 bits per heavy atom. The fourth-order valence-electron chi connectivity index (χ4n) is 6.48. The van der Waals surface area contributed by atoms with Gasteiger partial charge in [-0.05, 0) is 62.8 Å². The van der Waals surface area contributed by atoms with Crippen LogP contribution < -0.4 is 14.4 Å². The summed E-state index contributed by atoms with van der Waals surface area (Å²) < 4.78 is 67.2. The molecule has 1 unspecified atom stereocenters. The van der Waals surface area contributed by atoms with Gasteiger partial charge in [0, 0.05) is 29.1 Å².